The van der Waals surface area contributed by atoms with Crippen LogP contribution in [0.1, 0.15) is 27.4 Å². The molecule has 0 aliphatic heterocycles. The fourth-order valence-electron chi connectivity index (χ4n) is 2.82. The minimum absolute atomic E-state index is 0.0352. The second kappa shape index (κ2) is 9.64. The maximum atomic E-state index is 12.4. The average Bonchev–Trinajstić information content (AvgIpc) is 3.48. The quantitative estimate of drug-likeness (QED) is 0.341. The van der Waals surface area contributed by atoms with Gasteiger partial charge in [0.05, 0.1) is 24.1 Å². The molecule has 31 heavy (non-hydrogen) atoms. The number of furan rings is 1. The lowest BCUT2D eigenvalue weighted by atomic mass is 10.0. The summed E-state index contributed by atoms with van der Waals surface area (Å²) in [5, 5.41) is 9.12. The molecule has 2 aromatic heterocycles. The van der Waals surface area contributed by atoms with E-state index in [2.05, 4.69) is 20.8 Å². The highest BCUT2D eigenvalue weighted by molar-refractivity contribution is 7.14. The van der Waals surface area contributed by atoms with Crippen LogP contribution in [0.4, 0.5) is 5.13 Å². The lowest BCUT2D eigenvalue weighted by molar-refractivity contribution is -0.120. The highest BCUT2D eigenvalue weighted by Gasteiger charge is 2.13. The van der Waals surface area contributed by atoms with E-state index in [9.17, 15) is 9.59 Å². The first kappa shape index (κ1) is 20.2. The van der Waals surface area contributed by atoms with E-state index in [0.717, 1.165) is 11.1 Å². The van der Waals surface area contributed by atoms with Crippen molar-refractivity contribution < 1.29 is 14.0 Å². The van der Waals surface area contributed by atoms with E-state index >= 15 is 0 Å². The first-order valence-electron chi connectivity index (χ1n) is 9.45. The summed E-state index contributed by atoms with van der Waals surface area (Å²) in [5.74, 6) is -0.507. The molecule has 0 saturated heterocycles. The van der Waals surface area contributed by atoms with E-state index in [1.54, 1.807) is 17.5 Å². The third-order valence-corrected chi connectivity index (χ3v) is 5.05. The van der Waals surface area contributed by atoms with Gasteiger partial charge in [-0.05, 0) is 12.1 Å². The highest BCUT2D eigenvalue weighted by Crippen LogP contribution is 2.17. The Morgan fingerprint density at radius 3 is 2.23 bits per heavy atom. The van der Waals surface area contributed by atoms with Gasteiger partial charge in [0, 0.05) is 16.5 Å². The van der Waals surface area contributed by atoms with E-state index in [4.69, 9.17) is 4.42 Å². The smallest absolute Gasteiger partial charge is 0.293 e. The molecule has 154 valence electrons. The second-order valence-electron chi connectivity index (χ2n) is 6.48. The first-order valence-corrected chi connectivity index (χ1v) is 10.3. The van der Waals surface area contributed by atoms with Crippen molar-refractivity contribution in [2.24, 2.45) is 5.10 Å². The van der Waals surface area contributed by atoms with Crippen LogP contribution < -0.4 is 10.7 Å². The second-order valence-corrected chi connectivity index (χ2v) is 7.34. The van der Waals surface area contributed by atoms with Crippen LogP contribution in [-0.2, 0) is 11.2 Å². The molecule has 0 atom stereocenters. The van der Waals surface area contributed by atoms with Crippen molar-refractivity contribution in [3.63, 3.8) is 0 Å². The molecule has 0 aliphatic carbocycles. The van der Waals surface area contributed by atoms with Crippen molar-refractivity contribution in [2.75, 3.05) is 5.32 Å². The first-order chi connectivity index (χ1) is 15.2. The number of anilines is 1. The Labute approximate surface area is 182 Å². The van der Waals surface area contributed by atoms with Crippen LogP contribution in [-0.4, -0.2) is 22.5 Å². The van der Waals surface area contributed by atoms with Crippen LogP contribution >= 0.6 is 11.3 Å². The highest BCUT2D eigenvalue weighted by atomic mass is 32.1. The molecule has 0 spiro atoms. The summed E-state index contributed by atoms with van der Waals surface area (Å²) in [7, 11) is 0. The summed E-state index contributed by atoms with van der Waals surface area (Å²) in [5.41, 5.74) is 5.60. The molecule has 7 nitrogen and oxygen atoms in total. The molecule has 2 heterocycles. The zero-order chi connectivity index (χ0) is 21.5. The molecule has 2 aromatic carbocycles. The van der Waals surface area contributed by atoms with E-state index < -0.39 is 5.91 Å². The summed E-state index contributed by atoms with van der Waals surface area (Å²) >= 11 is 1.23. The Hall–Kier alpha value is -4.04. The van der Waals surface area contributed by atoms with Crippen molar-refractivity contribution in [2.45, 2.75) is 6.42 Å². The number of carbonyl (C=O) groups is 2. The normalized spacial score (nSPS) is 10.3. The minimum atomic E-state index is -0.393. The van der Waals surface area contributed by atoms with Crippen molar-refractivity contribution >= 4 is 34.0 Å². The van der Waals surface area contributed by atoms with Crippen LogP contribution in [0.25, 0.3) is 0 Å². The monoisotopic (exact) mass is 430 g/mol. The summed E-state index contributed by atoms with van der Waals surface area (Å²) in [6.45, 7) is 0. The molecule has 4 rings (SSSR count). The molecular weight excluding hydrogens is 412 g/mol. The Kier molecular flexibility index (Phi) is 6.29. The standard InChI is InChI=1S/C23H18N4O3S/c28-20(14-18-15-31-23(24-18)25-22(29)19-12-7-13-30-19)26-27-21(16-8-3-1-4-9-16)17-10-5-2-6-11-17/h1-13,15H,14H2,(H,26,28)(H,24,25,29). The molecule has 0 aliphatic rings. The lowest BCUT2D eigenvalue weighted by Gasteiger charge is -2.07. The molecule has 2 amide bonds. The maximum Gasteiger partial charge on any atom is 0.293 e. The number of amides is 2. The van der Waals surface area contributed by atoms with E-state index in [0.29, 0.717) is 16.5 Å². The van der Waals surface area contributed by atoms with Crippen molar-refractivity contribution in [1.29, 1.82) is 0 Å². The van der Waals surface area contributed by atoms with Crippen molar-refractivity contribution in [3.8, 4) is 0 Å². The number of benzene rings is 2. The van der Waals surface area contributed by atoms with Crippen molar-refractivity contribution in [1.82, 2.24) is 10.4 Å². The number of nitrogens with one attached hydrogen (secondary N) is 2. The van der Waals surface area contributed by atoms with Gasteiger partial charge in [0.25, 0.3) is 5.91 Å². The number of hydrogen-bond donors (Lipinski definition) is 2. The van der Waals surface area contributed by atoms with Crippen LogP contribution in [0.5, 0.6) is 0 Å². The Balaban J connectivity index is 1.42. The summed E-state index contributed by atoms with van der Waals surface area (Å²) in [6.07, 6.45) is 1.46. The van der Waals surface area contributed by atoms with Gasteiger partial charge in [-0.2, -0.15) is 5.10 Å². The number of carbonyl (C=O) groups excluding carboxylic acids is 2. The summed E-state index contributed by atoms with van der Waals surface area (Å²) < 4.78 is 5.05. The fraction of sp³-hybridized carbons (Fsp3) is 0.0435. The Morgan fingerprint density at radius 2 is 1.61 bits per heavy atom. The van der Waals surface area contributed by atoms with Gasteiger partial charge >= 0.3 is 0 Å². The van der Waals surface area contributed by atoms with Gasteiger partial charge in [-0.1, -0.05) is 60.7 Å². The molecule has 0 saturated carbocycles. The SMILES string of the molecule is O=C(Cc1csc(NC(=O)c2ccco2)n1)NN=C(c1ccccc1)c1ccccc1. The fourth-order valence-corrected chi connectivity index (χ4v) is 3.53. The zero-order valence-corrected chi connectivity index (χ0v) is 17.1. The van der Waals surface area contributed by atoms with Gasteiger partial charge in [0.15, 0.2) is 10.9 Å². The lowest BCUT2D eigenvalue weighted by Crippen LogP contribution is -2.22. The molecule has 0 unspecified atom stereocenters. The number of hydrazone groups is 1. The third kappa shape index (κ3) is 5.31. The van der Waals surface area contributed by atoms with E-state index in [-0.39, 0.29) is 18.1 Å². The van der Waals surface area contributed by atoms with Gasteiger partial charge in [-0.25, -0.2) is 10.4 Å². The Morgan fingerprint density at radius 1 is 0.935 bits per heavy atom. The molecular formula is C23H18N4O3S. The van der Waals surface area contributed by atoms with Crippen LogP contribution in [0.3, 0.4) is 0 Å². The molecule has 0 bridgehead atoms. The molecule has 2 N–H and O–H groups in total. The van der Waals surface area contributed by atoms with Gasteiger partial charge in [0.2, 0.25) is 5.91 Å². The molecule has 8 heteroatoms. The van der Waals surface area contributed by atoms with E-state index in [1.807, 2.05) is 60.7 Å². The molecule has 0 radical (unpaired) electrons. The number of hydrogen-bond acceptors (Lipinski definition) is 6. The van der Waals surface area contributed by atoms with Crippen molar-refractivity contribution in [3.05, 3.63) is 107 Å². The van der Waals surface area contributed by atoms with E-state index in [1.165, 1.54) is 17.6 Å². The van der Waals surface area contributed by atoms with Gasteiger partial charge in [-0.15, -0.1) is 11.3 Å². The third-order valence-electron chi connectivity index (χ3n) is 4.25. The number of nitrogens with zero attached hydrogens (tertiary/aromatic N) is 2. The average molecular weight is 430 g/mol. The zero-order valence-electron chi connectivity index (χ0n) is 16.3. The Bertz CT molecular complexity index is 1140. The van der Waals surface area contributed by atoms with Crippen LogP contribution in [0.2, 0.25) is 0 Å². The number of aromatic nitrogens is 1. The molecule has 0 fully saturated rings. The van der Waals surface area contributed by atoms with Gasteiger partial charge < -0.3 is 4.42 Å². The van der Waals surface area contributed by atoms with Crippen LogP contribution in [0, 0.1) is 0 Å². The molecule has 4 aromatic rings. The number of thiazole rings is 1. The predicted octanol–water partition coefficient (Wildman–Crippen LogP) is 4.10. The topological polar surface area (TPSA) is 96.6 Å². The number of rotatable bonds is 7. The summed E-state index contributed by atoms with van der Waals surface area (Å²) in [6, 6.07) is 22.5. The minimum Gasteiger partial charge on any atom is -0.459 e. The largest absolute Gasteiger partial charge is 0.459 e. The van der Waals surface area contributed by atoms with Gasteiger partial charge in [-0.3, -0.25) is 14.9 Å². The van der Waals surface area contributed by atoms with Crippen LogP contribution in [0.15, 0.2) is 94.0 Å². The summed E-state index contributed by atoms with van der Waals surface area (Å²) in [4.78, 5) is 28.7. The van der Waals surface area contributed by atoms with Gasteiger partial charge in [0.1, 0.15) is 0 Å². The predicted molar refractivity (Wildman–Crippen MR) is 119 cm³/mol. The maximum absolute atomic E-state index is 12.4.